The molecule has 1 aliphatic rings. The Kier molecular flexibility index (Phi) is 2.28. The minimum Gasteiger partial charge on any atom is -0.370 e. The van der Waals surface area contributed by atoms with Crippen molar-refractivity contribution in [2.24, 2.45) is 0 Å². The maximum atomic E-state index is 11.3. The molecule has 3 N–H and O–H groups in total. The standard InChI is InChI=1S/C7H6N4O6/c12-1-2-6(14)10-4(8-2)3(11(16)17)5(13)9-7(10)15/h1-2,6,8,14H,(H,9,13,15)/t2-,6+/m1/s1. The van der Waals surface area contributed by atoms with E-state index in [9.17, 15) is 29.6 Å². The predicted molar refractivity (Wildman–Crippen MR) is 52.7 cm³/mol. The lowest BCUT2D eigenvalue weighted by Gasteiger charge is -2.06. The van der Waals surface area contributed by atoms with Gasteiger partial charge in [0.2, 0.25) is 0 Å². The van der Waals surface area contributed by atoms with Gasteiger partial charge in [-0.3, -0.25) is 19.9 Å². The number of rotatable bonds is 2. The fraction of sp³-hybridized carbons (Fsp3) is 0.286. The lowest BCUT2D eigenvalue weighted by molar-refractivity contribution is -0.385. The Hall–Kier alpha value is -2.49. The van der Waals surface area contributed by atoms with Crippen LogP contribution in [0.5, 0.6) is 0 Å². The minimum atomic E-state index is -1.59. The molecule has 2 heterocycles. The van der Waals surface area contributed by atoms with Crippen molar-refractivity contribution in [3.05, 3.63) is 31.0 Å². The first-order valence-electron chi connectivity index (χ1n) is 4.40. The number of aromatic nitrogens is 2. The zero-order valence-electron chi connectivity index (χ0n) is 8.11. The molecule has 0 saturated carbocycles. The van der Waals surface area contributed by atoms with Crippen LogP contribution in [0.1, 0.15) is 6.23 Å². The van der Waals surface area contributed by atoms with Crippen molar-refractivity contribution in [3.63, 3.8) is 0 Å². The zero-order valence-corrected chi connectivity index (χ0v) is 8.11. The highest BCUT2D eigenvalue weighted by Crippen LogP contribution is 2.28. The van der Waals surface area contributed by atoms with Gasteiger partial charge in [0.25, 0.3) is 0 Å². The molecule has 0 saturated heterocycles. The molecule has 0 aliphatic carbocycles. The van der Waals surface area contributed by atoms with E-state index in [-0.39, 0.29) is 6.29 Å². The highest BCUT2D eigenvalue weighted by atomic mass is 16.6. The first-order valence-corrected chi connectivity index (χ1v) is 4.40. The number of aldehydes is 1. The van der Waals surface area contributed by atoms with Crippen LogP contribution in [0.4, 0.5) is 11.5 Å². The number of aliphatic hydroxyl groups is 1. The van der Waals surface area contributed by atoms with E-state index in [2.05, 4.69) is 5.32 Å². The Morgan fingerprint density at radius 3 is 2.65 bits per heavy atom. The molecule has 1 aliphatic heterocycles. The van der Waals surface area contributed by atoms with Crippen LogP contribution in [0.15, 0.2) is 9.59 Å². The Balaban J connectivity index is 2.79. The molecule has 0 aromatic carbocycles. The Bertz CT molecular complexity index is 616. The summed E-state index contributed by atoms with van der Waals surface area (Å²) < 4.78 is 0.554. The summed E-state index contributed by atoms with van der Waals surface area (Å²) in [6.07, 6.45) is -1.31. The van der Waals surface area contributed by atoms with Crippen molar-refractivity contribution in [2.75, 3.05) is 5.32 Å². The molecular weight excluding hydrogens is 236 g/mol. The lowest BCUT2D eigenvalue weighted by atomic mass is 10.3. The van der Waals surface area contributed by atoms with Crippen molar-refractivity contribution in [1.82, 2.24) is 9.55 Å². The number of nitrogens with zero attached hydrogens (tertiary/aromatic N) is 2. The van der Waals surface area contributed by atoms with Crippen LogP contribution in [0.25, 0.3) is 0 Å². The van der Waals surface area contributed by atoms with Crippen molar-refractivity contribution in [3.8, 4) is 0 Å². The van der Waals surface area contributed by atoms with Crippen LogP contribution >= 0.6 is 0 Å². The van der Waals surface area contributed by atoms with E-state index in [0.717, 1.165) is 0 Å². The van der Waals surface area contributed by atoms with Gasteiger partial charge in [0.1, 0.15) is 12.3 Å². The van der Waals surface area contributed by atoms with Crippen molar-refractivity contribution < 1.29 is 14.8 Å². The van der Waals surface area contributed by atoms with Crippen LogP contribution in [0.3, 0.4) is 0 Å². The number of carbonyl (C=O) groups excluding carboxylic acids is 1. The highest BCUT2D eigenvalue weighted by molar-refractivity contribution is 5.70. The van der Waals surface area contributed by atoms with Gasteiger partial charge in [-0.2, -0.15) is 0 Å². The molecule has 0 unspecified atom stereocenters. The second-order valence-electron chi connectivity index (χ2n) is 3.30. The van der Waals surface area contributed by atoms with Crippen LogP contribution < -0.4 is 16.6 Å². The maximum Gasteiger partial charge on any atom is 0.374 e. The first-order chi connectivity index (χ1) is 7.97. The molecule has 90 valence electrons. The summed E-state index contributed by atoms with van der Waals surface area (Å²) in [4.78, 5) is 44.5. The molecule has 0 amide bonds. The number of carbonyl (C=O) groups is 1. The smallest absolute Gasteiger partial charge is 0.370 e. The molecule has 1 aromatic rings. The zero-order chi connectivity index (χ0) is 12.7. The number of aromatic amines is 1. The van der Waals surface area contributed by atoms with Crippen LogP contribution in [0.2, 0.25) is 0 Å². The summed E-state index contributed by atoms with van der Waals surface area (Å²) in [6.45, 7) is 0. The number of nitro groups is 1. The van der Waals surface area contributed by atoms with Gasteiger partial charge in [0.15, 0.2) is 12.0 Å². The van der Waals surface area contributed by atoms with Gasteiger partial charge >= 0.3 is 16.9 Å². The second kappa shape index (κ2) is 3.52. The number of anilines is 1. The molecular formula is C7H6N4O6. The van der Waals surface area contributed by atoms with Crippen LogP contribution in [0, 0.1) is 10.1 Å². The van der Waals surface area contributed by atoms with Gasteiger partial charge in [-0.05, 0) is 0 Å². The molecule has 1 aromatic heterocycles. The summed E-state index contributed by atoms with van der Waals surface area (Å²) in [5.41, 5.74) is -3.15. The number of nitrogens with one attached hydrogen (secondary N) is 2. The van der Waals surface area contributed by atoms with Gasteiger partial charge in [-0.1, -0.05) is 0 Å². The summed E-state index contributed by atoms with van der Waals surface area (Å²) in [6, 6.07) is -1.21. The van der Waals surface area contributed by atoms with Gasteiger partial charge < -0.3 is 15.2 Å². The molecule has 0 radical (unpaired) electrons. The SMILES string of the molecule is O=C[C@H]1Nc2c([N+](=O)[O-])c(=O)[nH]c(=O)n2[C@H]1O. The third-order valence-electron chi connectivity index (χ3n) is 2.34. The van der Waals surface area contributed by atoms with Crippen LogP contribution in [-0.4, -0.2) is 31.9 Å². The minimum absolute atomic E-state index is 0.283. The summed E-state index contributed by atoms with van der Waals surface area (Å²) >= 11 is 0. The number of hydrogen-bond donors (Lipinski definition) is 3. The fourth-order valence-corrected chi connectivity index (χ4v) is 1.60. The number of hydrogen-bond acceptors (Lipinski definition) is 7. The Morgan fingerprint density at radius 2 is 2.12 bits per heavy atom. The van der Waals surface area contributed by atoms with E-state index >= 15 is 0 Å². The Morgan fingerprint density at radius 1 is 1.47 bits per heavy atom. The molecule has 0 spiro atoms. The predicted octanol–water partition coefficient (Wildman–Crippen LogP) is -2.07. The largest absolute Gasteiger partial charge is 0.374 e. The lowest BCUT2D eigenvalue weighted by Crippen LogP contribution is -2.33. The third kappa shape index (κ3) is 1.42. The van der Waals surface area contributed by atoms with Gasteiger partial charge in [0.05, 0.1) is 4.92 Å². The van der Waals surface area contributed by atoms with E-state index in [1.54, 1.807) is 4.98 Å². The van der Waals surface area contributed by atoms with E-state index in [4.69, 9.17) is 0 Å². The quantitative estimate of drug-likeness (QED) is 0.306. The monoisotopic (exact) mass is 242 g/mol. The molecule has 10 heteroatoms. The summed E-state index contributed by atoms with van der Waals surface area (Å²) in [7, 11) is 0. The van der Waals surface area contributed by atoms with Crippen LogP contribution in [-0.2, 0) is 4.79 Å². The topological polar surface area (TPSA) is 147 Å². The average Bonchev–Trinajstić information content (AvgIpc) is 2.55. The van der Waals surface area contributed by atoms with E-state index in [1.165, 1.54) is 0 Å². The molecule has 10 nitrogen and oxygen atoms in total. The van der Waals surface area contributed by atoms with Crippen molar-refractivity contribution >= 4 is 17.8 Å². The number of H-pyrrole nitrogens is 1. The maximum absolute atomic E-state index is 11.3. The Labute approximate surface area is 91.7 Å². The third-order valence-corrected chi connectivity index (χ3v) is 2.34. The number of aliphatic hydroxyl groups excluding tert-OH is 1. The summed E-state index contributed by atoms with van der Waals surface area (Å²) in [5.74, 6) is -0.478. The molecule has 0 fully saturated rings. The molecule has 0 bridgehead atoms. The van der Waals surface area contributed by atoms with E-state index in [1.807, 2.05) is 0 Å². The van der Waals surface area contributed by atoms with Gasteiger partial charge in [0, 0.05) is 0 Å². The van der Waals surface area contributed by atoms with Gasteiger partial charge in [-0.15, -0.1) is 0 Å². The molecule has 2 rings (SSSR count). The second-order valence-corrected chi connectivity index (χ2v) is 3.30. The van der Waals surface area contributed by atoms with Gasteiger partial charge in [-0.25, -0.2) is 9.36 Å². The first kappa shape index (κ1) is 11.0. The van der Waals surface area contributed by atoms with Crippen molar-refractivity contribution in [2.45, 2.75) is 12.3 Å². The summed E-state index contributed by atoms with van der Waals surface area (Å²) in [5, 5.41) is 22.4. The molecule has 2 atom stereocenters. The van der Waals surface area contributed by atoms with E-state index < -0.39 is 39.9 Å². The highest BCUT2D eigenvalue weighted by Gasteiger charge is 2.38. The van der Waals surface area contributed by atoms with Crippen molar-refractivity contribution in [1.29, 1.82) is 0 Å². The average molecular weight is 242 g/mol. The number of fused-ring (bicyclic) bond motifs is 1. The van der Waals surface area contributed by atoms with E-state index in [0.29, 0.717) is 4.57 Å². The normalized spacial score (nSPS) is 21.7. The fourth-order valence-electron chi connectivity index (χ4n) is 1.60. The molecule has 17 heavy (non-hydrogen) atoms.